The molecule has 5 heteroatoms. The van der Waals surface area contributed by atoms with Crippen LogP contribution in [0.5, 0.6) is 5.75 Å². The molecule has 1 amide bonds. The van der Waals surface area contributed by atoms with E-state index in [-0.39, 0.29) is 11.3 Å². The second-order valence-electron chi connectivity index (χ2n) is 3.91. The van der Waals surface area contributed by atoms with Gasteiger partial charge in [0, 0.05) is 17.1 Å². The Balaban J connectivity index is 2.26. The van der Waals surface area contributed by atoms with E-state index in [1.54, 1.807) is 12.1 Å². The lowest BCUT2D eigenvalue weighted by Crippen LogP contribution is -2.13. The predicted octanol–water partition coefficient (Wildman–Crippen LogP) is 3.68. The number of alkyl halides is 1. The van der Waals surface area contributed by atoms with Crippen LogP contribution in [-0.4, -0.2) is 11.0 Å². The predicted molar refractivity (Wildman–Crippen MR) is 75.1 cm³/mol. The van der Waals surface area contributed by atoms with E-state index in [1.165, 1.54) is 6.07 Å². The molecule has 0 aliphatic carbocycles. The van der Waals surface area contributed by atoms with Gasteiger partial charge in [0.1, 0.15) is 11.6 Å². The average molecular weight is 324 g/mol. The first-order valence-electron chi connectivity index (χ1n) is 5.55. The number of phenolic OH excluding ortho intramolecular Hbond substituents is 1. The van der Waals surface area contributed by atoms with Crippen LogP contribution in [0, 0.1) is 5.82 Å². The number of nitrogens with one attached hydrogen (secondary N) is 1. The molecule has 2 aromatic carbocycles. The summed E-state index contributed by atoms with van der Waals surface area (Å²) in [5, 5.41) is 12.8. The van der Waals surface area contributed by atoms with Crippen LogP contribution in [0.25, 0.3) is 0 Å². The molecule has 0 heterocycles. The number of benzene rings is 2. The fourth-order valence-corrected chi connectivity index (χ4v) is 2.13. The summed E-state index contributed by atoms with van der Waals surface area (Å²) in [4.78, 5) is 12.0. The minimum absolute atomic E-state index is 0.0331. The van der Waals surface area contributed by atoms with Gasteiger partial charge in [-0.25, -0.2) is 4.39 Å². The molecule has 19 heavy (non-hydrogen) atoms. The SMILES string of the molecule is O=C(Nc1ccccc1CBr)c1ccc(F)cc1O. The molecule has 0 unspecified atom stereocenters. The first-order chi connectivity index (χ1) is 9.11. The molecule has 0 bridgehead atoms. The minimum atomic E-state index is -0.588. The highest BCUT2D eigenvalue weighted by atomic mass is 79.9. The van der Waals surface area contributed by atoms with Crippen molar-refractivity contribution in [3.05, 3.63) is 59.4 Å². The van der Waals surface area contributed by atoms with Crippen molar-refractivity contribution in [3.8, 4) is 5.75 Å². The molecule has 2 rings (SSSR count). The van der Waals surface area contributed by atoms with Gasteiger partial charge in [0.05, 0.1) is 5.56 Å². The fourth-order valence-electron chi connectivity index (χ4n) is 1.65. The summed E-state index contributed by atoms with van der Waals surface area (Å²) in [6, 6.07) is 10.6. The second kappa shape index (κ2) is 5.84. The van der Waals surface area contributed by atoms with E-state index in [0.717, 1.165) is 17.7 Å². The van der Waals surface area contributed by atoms with Crippen molar-refractivity contribution in [1.82, 2.24) is 0 Å². The van der Waals surface area contributed by atoms with Gasteiger partial charge in [-0.15, -0.1) is 0 Å². The van der Waals surface area contributed by atoms with Gasteiger partial charge in [-0.2, -0.15) is 0 Å². The van der Waals surface area contributed by atoms with Crippen molar-refractivity contribution in [1.29, 1.82) is 0 Å². The lowest BCUT2D eigenvalue weighted by molar-refractivity contribution is 0.102. The molecular formula is C14H11BrFNO2. The Bertz CT molecular complexity index is 616. The third kappa shape index (κ3) is 3.12. The van der Waals surface area contributed by atoms with Gasteiger partial charge in [-0.05, 0) is 23.8 Å². The molecule has 0 saturated heterocycles. The molecule has 2 N–H and O–H groups in total. The highest BCUT2D eigenvalue weighted by Crippen LogP contribution is 2.22. The van der Waals surface area contributed by atoms with Crippen LogP contribution in [-0.2, 0) is 5.33 Å². The van der Waals surface area contributed by atoms with Crippen molar-refractivity contribution in [2.45, 2.75) is 5.33 Å². The van der Waals surface area contributed by atoms with Gasteiger partial charge < -0.3 is 10.4 Å². The number of carbonyl (C=O) groups is 1. The summed E-state index contributed by atoms with van der Waals surface area (Å²) < 4.78 is 12.9. The molecule has 0 aliphatic heterocycles. The van der Waals surface area contributed by atoms with E-state index in [2.05, 4.69) is 21.2 Å². The number of rotatable bonds is 3. The molecule has 3 nitrogen and oxygen atoms in total. The van der Waals surface area contributed by atoms with Crippen LogP contribution in [0.15, 0.2) is 42.5 Å². The zero-order valence-corrected chi connectivity index (χ0v) is 11.4. The van der Waals surface area contributed by atoms with Crippen LogP contribution < -0.4 is 5.32 Å². The van der Waals surface area contributed by atoms with Crippen LogP contribution in [0.1, 0.15) is 15.9 Å². The third-order valence-electron chi connectivity index (χ3n) is 2.61. The Morgan fingerprint density at radius 1 is 1.26 bits per heavy atom. The van der Waals surface area contributed by atoms with Crippen molar-refractivity contribution in [3.63, 3.8) is 0 Å². The number of para-hydroxylation sites is 1. The van der Waals surface area contributed by atoms with Gasteiger partial charge in [0.2, 0.25) is 0 Å². The van der Waals surface area contributed by atoms with Gasteiger partial charge in [0.25, 0.3) is 5.91 Å². The Kier molecular flexibility index (Phi) is 4.16. The van der Waals surface area contributed by atoms with E-state index in [9.17, 15) is 14.3 Å². The highest BCUT2D eigenvalue weighted by Gasteiger charge is 2.13. The molecule has 0 fully saturated rings. The Morgan fingerprint density at radius 2 is 2.00 bits per heavy atom. The standard InChI is InChI=1S/C14H11BrFNO2/c15-8-9-3-1-2-4-12(9)17-14(19)11-6-5-10(16)7-13(11)18/h1-7,18H,8H2,(H,17,19). The number of hydrogen-bond donors (Lipinski definition) is 2. The molecule has 98 valence electrons. The number of halogens is 2. The summed E-state index contributed by atoms with van der Waals surface area (Å²) in [6.07, 6.45) is 0. The number of carbonyl (C=O) groups excluding carboxylic acids is 1. The number of aromatic hydroxyl groups is 1. The van der Waals surface area contributed by atoms with Gasteiger partial charge in [0.15, 0.2) is 0 Å². The van der Waals surface area contributed by atoms with E-state index in [0.29, 0.717) is 11.0 Å². The molecule has 0 spiro atoms. The number of anilines is 1. The minimum Gasteiger partial charge on any atom is -0.507 e. The fraction of sp³-hybridized carbons (Fsp3) is 0.0714. The topological polar surface area (TPSA) is 49.3 Å². The summed E-state index contributed by atoms with van der Waals surface area (Å²) in [7, 11) is 0. The lowest BCUT2D eigenvalue weighted by atomic mass is 10.1. The number of hydrogen-bond acceptors (Lipinski definition) is 2. The average Bonchev–Trinajstić information content (AvgIpc) is 2.39. The third-order valence-corrected chi connectivity index (χ3v) is 3.22. The Hall–Kier alpha value is -1.88. The van der Waals surface area contributed by atoms with Crippen molar-refractivity contribution in [2.24, 2.45) is 0 Å². The van der Waals surface area contributed by atoms with E-state index >= 15 is 0 Å². The molecule has 2 aromatic rings. The molecule has 0 atom stereocenters. The normalized spacial score (nSPS) is 10.2. The van der Waals surface area contributed by atoms with E-state index in [1.807, 2.05) is 12.1 Å². The number of phenols is 1. The number of amides is 1. The maximum atomic E-state index is 12.9. The maximum absolute atomic E-state index is 12.9. The summed E-state index contributed by atoms with van der Waals surface area (Å²) in [6.45, 7) is 0. The Labute approximate surface area is 118 Å². The van der Waals surface area contributed by atoms with Crippen LogP contribution in [0.3, 0.4) is 0 Å². The maximum Gasteiger partial charge on any atom is 0.259 e. The molecule has 0 aromatic heterocycles. The molecule has 0 saturated carbocycles. The van der Waals surface area contributed by atoms with Crippen LogP contribution in [0.4, 0.5) is 10.1 Å². The first-order valence-corrected chi connectivity index (χ1v) is 6.67. The van der Waals surface area contributed by atoms with Crippen LogP contribution in [0.2, 0.25) is 0 Å². The van der Waals surface area contributed by atoms with Crippen LogP contribution >= 0.6 is 15.9 Å². The molecule has 0 aliphatic rings. The van der Waals surface area contributed by atoms with Gasteiger partial charge in [-0.3, -0.25) is 4.79 Å². The van der Waals surface area contributed by atoms with E-state index < -0.39 is 11.7 Å². The smallest absolute Gasteiger partial charge is 0.259 e. The summed E-state index contributed by atoms with van der Waals surface area (Å²) in [5.74, 6) is -1.45. The second-order valence-corrected chi connectivity index (χ2v) is 4.47. The first kappa shape index (κ1) is 13.5. The van der Waals surface area contributed by atoms with Crippen molar-refractivity contribution >= 4 is 27.5 Å². The largest absolute Gasteiger partial charge is 0.507 e. The Morgan fingerprint density at radius 3 is 2.68 bits per heavy atom. The zero-order valence-electron chi connectivity index (χ0n) is 9.86. The zero-order chi connectivity index (χ0) is 13.8. The monoisotopic (exact) mass is 323 g/mol. The molecule has 0 radical (unpaired) electrons. The molecular weight excluding hydrogens is 313 g/mol. The summed E-state index contributed by atoms with van der Waals surface area (Å²) >= 11 is 3.33. The van der Waals surface area contributed by atoms with Crippen molar-refractivity contribution < 1.29 is 14.3 Å². The highest BCUT2D eigenvalue weighted by molar-refractivity contribution is 9.08. The van der Waals surface area contributed by atoms with Gasteiger partial charge >= 0.3 is 0 Å². The quantitative estimate of drug-likeness (QED) is 0.846. The van der Waals surface area contributed by atoms with Crippen molar-refractivity contribution in [2.75, 3.05) is 5.32 Å². The summed E-state index contributed by atoms with van der Waals surface area (Å²) in [5.41, 5.74) is 1.59. The van der Waals surface area contributed by atoms with E-state index in [4.69, 9.17) is 0 Å². The lowest BCUT2D eigenvalue weighted by Gasteiger charge is -2.10. The van der Waals surface area contributed by atoms with Gasteiger partial charge in [-0.1, -0.05) is 34.1 Å².